The van der Waals surface area contributed by atoms with Gasteiger partial charge in [-0.25, -0.2) is 0 Å². The molecule has 0 saturated carbocycles. The molecule has 0 spiro atoms. The highest BCUT2D eigenvalue weighted by Gasteiger charge is 2.29. The first-order chi connectivity index (χ1) is 19.9. The number of amides is 2. The van der Waals surface area contributed by atoms with E-state index in [0.717, 1.165) is 40.5 Å². The van der Waals surface area contributed by atoms with Crippen molar-refractivity contribution in [2.24, 2.45) is 0 Å². The molecule has 6 rings (SSSR count). The van der Waals surface area contributed by atoms with Crippen LogP contribution in [0.4, 0.5) is 11.4 Å². The molecule has 4 aromatic rings. The maximum Gasteiger partial charge on any atom is 0.265 e. The summed E-state index contributed by atoms with van der Waals surface area (Å²) in [5.41, 5.74) is 5.82. The van der Waals surface area contributed by atoms with Crippen molar-refractivity contribution < 1.29 is 9.59 Å². The molecule has 2 aliphatic rings. The summed E-state index contributed by atoms with van der Waals surface area (Å²) >= 11 is 7.65. The minimum absolute atomic E-state index is 0.0213. The second kappa shape index (κ2) is 11.9. The van der Waals surface area contributed by atoms with Gasteiger partial charge < -0.3 is 14.7 Å². The monoisotopic (exact) mass is 579 g/mol. The van der Waals surface area contributed by atoms with Crippen molar-refractivity contribution >= 4 is 52.6 Å². The predicted molar refractivity (Wildman–Crippen MR) is 169 cm³/mol. The van der Waals surface area contributed by atoms with Crippen LogP contribution in [0.3, 0.4) is 0 Å². The molecular formula is C34H30ClN3O2S. The Morgan fingerprint density at radius 1 is 0.878 bits per heavy atom. The zero-order valence-electron chi connectivity index (χ0n) is 22.8. The van der Waals surface area contributed by atoms with E-state index in [9.17, 15) is 9.59 Å². The predicted octanol–water partition coefficient (Wildman–Crippen LogP) is 7.29. The molecule has 206 valence electrons. The van der Waals surface area contributed by atoms with Gasteiger partial charge in [0.05, 0.1) is 17.1 Å². The van der Waals surface area contributed by atoms with Gasteiger partial charge in [0, 0.05) is 47.3 Å². The Balaban J connectivity index is 1.15. The zero-order valence-corrected chi connectivity index (χ0v) is 24.4. The van der Waals surface area contributed by atoms with Crippen LogP contribution in [0.2, 0.25) is 5.02 Å². The van der Waals surface area contributed by atoms with Crippen LogP contribution < -0.4 is 9.80 Å². The summed E-state index contributed by atoms with van der Waals surface area (Å²) in [4.78, 5) is 34.6. The van der Waals surface area contributed by atoms with E-state index in [0.29, 0.717) is 35.1 Å². The second-order valence-electron chi connectivity index (χ2n) is 10.3. The molecule has 5 nitrogen and oxygen atoms in total. The van der Waals surface area contributed by atoms with Crippen molar-refractivity contribution in [1.29, 1.82) is 0 Å². The van der Waals surface area contributed by atoms with Gasteiger partial charge in [0.2, 0.25) is 0 Å². The van der Waals surface area contributed by atoms with Gasteiger partial charge in [-0.05, 0) is 66.6 Å². The quantitative estimate of drug-likeness (QED) is 0.233. The van der Waals surface area contributed by atoms with Crippen LogP contribution in [0.25, 0.3) is 6.08 Å². The molecule has 0 radical (unpaired) electrons. The van der Waals surface area contributed by atoms with Crippen LogP contribution in [0.5, 0.6) is 0 Å². The fourth-order valence-electron chi connectivity index (χ4n) is 5.19. The molecule has 1 fully saturated rings. The molecule has 2 amide bonds. The van der Waals surface area contributed by atoms with Crippen LogP contribution in [0.15, 0.2) is 107 Å². The number of nitrogens with zero attached hydrogens (tertiary/aromatic N) is 3. The number of fused-ring (bicyclic) bond motifs is 1. The van der Waals surface area contributed by atoms with Crippen molar-refractivity contribution in [3.05, 3.63) is 129 Å². The highest BCUT2D eigenvalue weighted by molar-refractivity contribution is 8.04. The number of aryl methyl sites for hydroxylation is 1. The van der Waals surface area contributed by atoms with Crippen molar-refractivity contribution in [2.75, 3.05) is 36.0 Å². The molecule has 41 heavy (non-hydrogen) atoms. The first kappa shape index (κ1) is 27.2. The van der Waals surface area contributed by atoms with E-state index in [2.05, 4.69) is 42.2 Å². The minimum atomic E-state index is -0.0213. The summed E-state index contributed by atoms with van der Waals surface area (Å²) in [6, 6.07) is 31.7. The van der Waals surface area contributed by atoms with Gasteiger partial charge in [-0.3, -0.25) is 9.59 Å². The molecule has 4 aromatic carbocycles. The molecule has 7 heteroatoms. The molecule has 2 heterocycles. The maximum atomic E-state index is 13.7. The van der Waals surface area contributed by atoms with E-state index < -0.39 is 0 Å². The number of halogens is 1. The SMILES string of the molecule is Cc1ccc(CN2C(=O)/C(=C\c3ccc(C(=O)N4CCN(c5cccc(Cl)c5)CC4)cc3)Sc3ccccc32)cc1. The third kappa shape index (κ3) is 6.04. The Bertz CT molecular complexity index is 1610. The summed E-state index contributed by atoms with van der Waals surface area (Å²) < 4.78 is 0. The van der Waals surface area contributed by atoms with Gasteiger partial charge in [-0.15, -0.1) is 0 Å². The topological polar surface area (TPSA) is 43.9 Å². The standard InChI is InChI=1S/C34H30ClN3O2S/c1-24-9-11-26(12-10-24)23-38-30-7-2-3-8-31(30)41-32(34(38)40)21-25-13-15-27(16-14-25)33(39)37-19-17-36(18-20-37)29-6-4-5-28(35)22-29/h2-16,21-22H,17-20,23H2,1H3/b32-21+. The Labute approximate surface area is 250 Å². The smallest absolute Gasteiger partial charge is 0.265 e. The molecular weight excluding hydrogens is 550 g/mol. The number of piperazine rings is 1. The van der Waals surface area contributed by atoms with Crippen molar-refractivity contribution in [3.63, 3.8) is 0 Å². The van der Waals surface area contributed by atoms with Crippen LogP contribution in [0, 0.1) is 6.92 Å². The molecule has 2 aliphatic heterocycles. The average Bonchev–Trinajstić information content (AvgIpc) is 3.00. The van der Waals surface area contributed by atoms with E-state index in [1.54, 1.807) is 0 Å². The number of hydrogen-bond acceptors (Lipinski definition) is 4. The number of anilines is 2. The zero-order chi connectivity index (χ0) is 28.3. The Morgan fingerprint density at radius 3 is 2.34 bits per heavy atom. The van der Waals surface area contributed by atoms with Gasteiger partial charge >= 0.3 is 0 Å². The first-order valence-corrected chi connectivity index (χ1v) is 14.9. The number of hydrogen-bond donors (Lipinski definition) is 0. The number of thioether (sulfide) groups is 1. The molecule has 0 aromatic heterocycles. The van der Waals surface area contributed by atoms with Gasteiger partial charge in [0.25, 0.3) is 11.8 Å². The number of benzene rings is 4. The largest absolute Gasteiger partial charge is 0.368 e. The lowest BCUT2D eigenvalue weighted by atomic mass is 10.1. The van der Waals surface area contributed by atoms with Gasteiger partial charge in [-0.2, -0.15) is 0 Å². The van der Waals surface area contributed by atoms with E-state index in [1.807, 2.05) is 82.6 Å². The molecule has 0 atom stereocenters. The van der Waals surface area contributed by atoms with Crippen molar-refractivity contribution in [3.8, 4) is 0 Å². The Morgan fingerprint density at radius 2 is 1.61 bits per heavy atom. The Hall–Kier alpha value is -4.00. The Kier molecular flexibility index (Phi) is 7.86. The molecule has 0 bridgehead atoms. The maximum absolute atomic E-state index is 13.7. The van der Waals surface area contributed by atoms with E-state index in [-0.39, 0.29) is 11.8 Å². The summed E-state index contributed by atoms with van der Waals surface area (Å²) in [6.07, 6.45) is 1.92. The molecule has 0 unspecified atom stereocenters. The average molecular weight is 580 g/mol. The third-order valence-electron chi connectivity index (χ3n) is 7.49. The van der Waals surface area contributed by atoms with Gasteiger partial charge in [-0.1, -0.05) is 83.5 Å². The molecule has 0 N–H and O–H groups in total. The van der Waals surface area contributed by atoms with Gasteiger partial charge in [0.1, 0.15) is 0 Å². The number of rotatable bonds is 5. The van der Waals surface area contributed by atoms with Crippen LogP contribution >= 0.6 is 23.4 Å². The number of carbonyl (C=O) groups excluding carboxylic acids is 2. The summed E-state index contributed by atoms with van der Waals surface area (Å²) in [5.74, 6) is 0.00303. The summed E-state index contributed by atoms with van der Waals surface area (Å²) in [5, 5.41) is 0.715. The van der Waals surface area contributed by atoms with Crippen LogP contribution in [0.1, 0.15) is 27.0 Å². The molecule has 0 aliphatic carbocycles. The van der Waals surface area contributed by atoms with Crippen molar-refractivity contribution in [2.45, 2.75) is 18.4 Å². The lowest BCUT2D eigenvalue weighted by molar-refractivity contribution is -0.114. The fraction of sp³-hybridized carbons (Fsp3) is 0.176. The highest BCUT2D eigenvalue weighted by atomic mass is 35.5. The fourth-order valence-corrected chi connectivity index (χ4v) is 6.44. The van der Waals surface area contributed by atoms with Crippen molar-refractivity contribution in [1.82, 2.24) is 4.90 Å². The first-order valence-electron chi connectivity index (χ1n) is 13.7. The van der Waals surface area contributed by atoms with Crippen LogP contribution in [-0.4, -0.2) is 42.9 Å². The minimum Gasteiger partial charge on any atom is -0.368 e. The lowest BCUT2D eigenvalue weighted by Crippen LogP contribution is -2.48. The highest BCUT2D eigenvalue weighted by Crippen LogP contribution is 2.42. The van der Waals surface area contributed by atoms with E-state index in [4.69, 9.17) is 11.6 Å². The summed E-state index contributed by atoms with van der Waals surface area (Å²) in [6.45, 7) is 5.39. The number of para-hydroxylation sites is 1. The lowest BCUT2D eigenvalue weighted by Gasteiger charge is -2.36. The second-order valence-corrected chi connectivity index (χ2v) is 11.9. The number of carbonyl (C=O) groups is 2. The molecule has 1 saturated heterocycles. The van der Waals surface area contributed by atoms with Crippen LogP contribution in [-0.2, 0) is 11.3 Å². The summed E-state index contributed by atoms with van der Waals surface area (Å²) in [7, 11) is 0. The van der Waals surface area contributed by atoms with E-state index in [1.165, 1.54) is 17.3 Å². The third-order valence-corrected chi connectivity index (χ3v) is 8.80. The normalized spacial score (nSPS) is 16.2. The van der Waals surface area contributed by atoms with Gasteiger partial charge in [0.15, 0.2) is 0 Å². The van der Waals surface area contributed by atoms with E-state index >= 15 is 0 Å².